The maximum atomic E-state index is 13.9. The molecule has 176 valence electrons. The van der Waals surface area contributed by atoms with E-state index in [1.54, 1.807) is 30.4 Å². The molecule has 0 saturated carbocycles. The number of nitrogens with one attached hydrogen (secondary N) is 1. The van der Waals surface area contributed by atoms with Crippen LogP contribution in [0.15, 0.2) is 59.2 Å². The first-order chi connectivity index (χ1) is 16.4. The van der Waals surface area contributed by atoms with Gasteiger partial charge >= 0.3 is 0 Å². The monoisotopic (exact) mass is 462 g/mol. The zero-order chi connectivity index (χ0) is 23.6. The second kappa shape index (κ2) is 7.56. The second-order valence-electron chi connectivity index (χ2n) is 9.55. The third kappa shape index (κ3) is 2.84. The predicted molar refractivity (Wildman–Crippen MR) is 119 cm³/mol. The van der Waals surface area contributed by atoms with Gasteiger partial charge in [-0.2, -0.15) is 0 Å². The lowest BCUT2D eigenvalue weighted by molar-refractivity contribution is -0.148. The number of hydrogen-bond donors (Lipinski definition) is 1. The topological polar surface area (TPSA) is 98.1 Å². The second-order valence-corrected chi connectivity index (χ2v) is 9.55. The lowest BCUT2D eigenvalue weighted by atomic mass is 9.70. The first-order valence-corrected chi connectivity index (χ1v) is 11.6. The largest absolute Gasteiger partial charge is 0.497 e. The summed E-state index contributed by atoms with van der Waals surface area (Å²) in [6.45, 7) is 2.19. The molecule has 4 aliphatic heterocycles. The fraction of sp³-hybridized carbons (Fsp3) is 0.423. The van der Waals surface area contributed by atoms with Gasteiger partial charge in [0.1, 0.15) is 22.9 Å². The van der Waals surface area contributed by atoms with Crippen LogP contribution in [0, 0.1) is 17.8 Å². The summed E-state index contributed by atoms with van der Waals surface area (Å²) in [5.41, 5.74) is -0.0553. The van der Waals surface area contributed by atoms with Crippen molar-refractivity contribution in [3.05, 3.63) is 66.1 Å². The fourth-order valence-corrected chi connectivity index (χ4v) is 6.31. The molecule has 3 fully saturated rings. The van der Waals surface area contributed by atoms with E-state index in [4.69, 9.17) is 13.9 Å². The average molecular weight is 463 g/mol. The van der Waals surface area contributed by atoms with Crippen LogP contribution in [-0.2, 0) is 25.7 Å². The third-order valence-corrected chi connectivity index (χ3v) is 7.88. The molecule has 5 heterocycles. The number of nitrogens with zero attached hydrogens (tertiary/aromatic N) is 1. The fourth-order valence-electron chi connectivity index (χ4n) is 6.31. The number of Topliss-reactive ketones (excluding diaryl/α,β-unsaturated/α-hetero) is 1. The summed E-state index contributed by atoms with van der Waals surface area (Å²) < 4.78 is 17.2. The van der Waals surface area contributed by atoms with Gasteiger partial charge in [0.2, 0.25) is 11.8 Å². The molecule has 6 rings (SSSR count). The average Bonchev–Trinajstić information content (AvgIpc) is 3.62. The highest BCUT2D eigenvalue weighted by molar-refractivity contribution is 5.96. The number of amides is 2. The van der Waals surface area contributed by atoms with Gasteiger partial charge in [-0.15, -0.1) is 0 Å². The van der Waals surface area contributed by atoms with Crippen LogP contribution in [0.1, 0.15) is 30.7 Å². The first-order valence-electron chi connectivity index (χ1n) is 11.6. The van der Waals surface area contributed by atoms with Crippen molar-refractivity contribution in [1.29, 1.82) is 0 Å². The van der Waals surface area contributed by atoms with Gasteiger partial charge in [-0.3, -0.25) is 14.4 Å². The standard InChI is InChI=1S/C26H26N2O6/c1-14-18(29)12-17(19-4-3-11-33-19)28-23(14)26-10-9-20(34-26)21(22(26)25(28)31)24(30)27-13-15-5-7-16(32-2)8-6-15/h3-11,14,17,20-23H,12-13H2,1-2H3,(H,27,30)/t14-,17+,20+,21+,22-,23-,26-/m1/s1. The molecule has 0 unspecified atom stereocenters. The van der Waals surface area contributed by atoms with Gasteiger partial charge in [0, 0.05) is 18.9 Å². The highest BCUT2D eigenvalue weighted by Crippen LogP contribution is 2.59. The first kappa shape index (κ1) is 21.2. The number of rotatable bonds is 5. The maximum absolute atomic E-state index is 13.9. The third-order valence-electron chi connectivity index (χ3n) is 7.88. The van der Waals surface area contributed by atoms with Crippen LogP contribution < -0.4 is 10.1 Å². The summed E-state index contributed by atoms with van der Waals surface area (Å²) >= 11 is 0. The number of carbonyl (C=O) groups is 3. The highest BCUT2D eigenvalue weighted by Gasteiger charge is 2.74. The number of methoxy groups -OCH3 is 1. The minimum atomic E-state index is -0.982. The molecule has 8 nitrogen and oxygen atoms in total. The van der Waals surface area contributed by atoms with Gasteiger partial charge in [-0.1, -0.05) is 31.2 Å². The van der Waals surface area contributed by atoms with E-state index in [-0.39, 0.29) is 24.0 Å². The van der Waals surface area contributed by atoms with Gasteiger partial charge in [0.05, 0.1) is 43.4 Å². The van der Waals surface area contributed by atoms with Gasteiger partial charge < -0.3 is 24.1 Å². The van der Waals surface area contributed by atoms with E-state index in [9.17, 15) is 14.4 Å². The van der Waals surface area contributed by atoms with Crippen LogP contribution in [0.3, 0.4) is 0 Å². The number of hydrogen-bond acceptors (Lipinski definition) is 6. The molecule has 3 saturated heterocycles. The molecule has 2 amide bonds. The van der Waals surface area contributed by atoms with Crippen molar-refractivity contribution in [3.63, 3.8) is 0 Å². The van der Waals surface area contributed by atoms with Crippen LogP contribution in [0.25, 0.3) is 0 Å². The number of fused-ring (bicyclic) bond motifs is 2. The smallest absolute Gasteiger partial charge is 0.230 e. The van der Waals surface area contributed by atoms with Gasteiger partial charge in [0.15, 0.2) is 0 Å². The molecule has 2 aromatic rings. The Hall–Kier alpha value is -3.39. The van der Waals surface area contributed by atoms with Crippen LogP contribution in [0.5, 0.6) is 5.75 Å². The summed E-state index contributed by atoms with van der Waals surface area (Å²) in [5.74, 6) is -0.709. The highest BCUT2D eigenvalue weighted by atomic mass is 16.5. The van der Waals surface area contributed by atoms with Gasteiger partial charge in [-0.25, -0.2) is 0 Å². The Morgan fingerprint density at radius 2 is 2.03 bits per heavy atom. The molecule has 34 heavy (non-hydrogen) atoms. The molecule has 1 aromatic heterocycles. The minimum Gasteiger partial charge on any atom is -0.497 e. The maximum Gasteiger partial charge on any atom is 0.230 e. The van der Waals surface area contributed by atoms with E-state index < -0.39 is 41.5 Å². The van der Waals surface area contributed by atoms with E-state index >= 15 is 0 Å². The van der Waals surface area contributed by atoms with Crippen molar-refractivity contribution in [3.8, 4) is 5.75 Å². The number of furan rings is 1. The zero-order valence-electron chi connectivity index (χ0n) is 19.0. The van der Waals surface area contributed by atoms with Crippen LogP contribution in [-0.4, -0.2) is 47.4 Å². The Bertz CT molecular complexity index is 1170. The quantitative estimate of drug-likeness (QED) is 0.686. The lowest BCUT2D eigenvalue weighted by Crippen LogP contribution is -2.55. The van der Waals surface area contributed by atoms with Gasteiger partial charge in [0.25, 0.3) is 0 Å². The molecule has 2 bridgehead atoms. The summed E-state index contributed by atoms with van der Waals surface area (Å²) in [6, 6.07) is 10.0. The van der Waals surface area contributed by atoms with Crippen LogP contribution >= 0.6 is 0 Å². The Morgan fingerprint density at radius 1 is 1.24 bits per heavy atom. The number of carbonyl (C=O) groups excluding carboxylic acids is 3. The van der Waals surface area contributed by atoms with Crippen LogP contribution in [0.2, 0.25) is 0 Å². The van der Waals surface area contributed by atoms with Crippen molar-refractivity contribution in [2.24, 2.45) is 17.8 Å². The molecule has 8 heteroatoms. The number of piperidine rings is 1. The molecule has 0 aliphatic carbocycles. The molecule has 0 radical (unpaired) electrons. The Labute approximate surface area is 196 Å². The Morgan fingerprint density at radius 3 is 2.74 bits per heavy atom. The zero-order valence-corrected chi connectivity index (χ0v) is 19.0. The van der Waals surface area contributed by atoms with Crippen molar-refractivity contribution in [1.82, 2.24) is 10.2 Å². The number of ketones is 1. The minimum absolute atomic E-state index is 0.0679. The summed E-state index contributed by atoms with van der Waals surface area (Å²) in [6.07, 6.45) is 5.04. The van der Waals surface area contributed by atoms with E-state index in [0.29, 0.717) is 12.3 Å². The van der Waals surface area contributed by atoms with Crippen molar-refractivity contribution in [2.45, 2.75) is 43.7 Å². The van der Waals surface area contributed by atoms with Crippen molar-refractivity contribution < 1.29 is 28.3 Å². The summed E-state index contributed by atoms with van der Waals surface area (Å²) in [4.78, 5) is 42.0. The van der Waals surface area contributed by atoms with Gasteiger partial charge in [-0.05, 0) is 29.8 Å². The summed E-state index contributed by atoms with van der Waals surface area (Å²) in [5, 5.41) is 2.98. The molecule has 7 atom stereocenters. The van der Waals surface area contributed by atoms with Crippen molar-refractivity contribution >= 4 is 17.6 Å². The van der Waals surface area contributed by atoms with Crippen LogP contribution in [0.4, 0.5) is 0 Å². The molecule has 1 spiro atoms. The molecular weight excluding hydrogens is 436 g/mol. The SMILES string of the molecule is COc1ccc(CNC(=O)[C@H]2[C@@H]3C=C[C@@]4(O3)[C@H]2C(=O)N2[C@H](c3ccco3)CC(=O)[C@@H](C)[C@@H]24)cc1. The normalized spacial score (nSPS) is 35.4. The molecule has 1 N–H and O–H groups in total. The van der Waals surface area contributed by atoms with E-state index in [1.165, 1.54) is 0 Å². The Balaban J connectivity index is 1.29. The number of ether oxygens (including phenoxy) is 2. The Kier molecular flexibility index (Phi) is 4.71. The van der Waals surface area contributed by atoms with E-state index in [0.717, 1.165) is 11.3 Å². The predicted octanol–water partition coefficient (Wildman–Crippen LogP) is 2.41. The number of benzene rings is 1. The molecule has 1 aromatic carbocycles. The van der Waals surface area contributed by atoms with Crippen molar-refractivity contribution in [2.75, 3.05) is 7.11 Å². The molecular formula is C26H26N2O6. The summed E-state index contributed by atoms with van der Waals surface area (Å²) in [7, 11) is 1.60. The molecule has 4 aliphatic rings. The van der Waals surface area contributed by atoms with E-state index in [2.05, 4.69) is 5.32 Å². The lowest BCUT2D eigenvalue weighted by Gasteiger charge is -2.43. The van der Waals surface area contributed by atoms with E-state index in [1.807, 2.05) is 43.3 Å².